The number of aryl methyl sites for hydroxylation is 3. The van der Waals surface area contributed by atoms with E-state index in [0.29, 0.717) is 17.6 Å². The normalized spacial score (nSPS) is 11.2. The minimum Gasteiger partial charge on any atom is -0.483 e. The maximum Gasteiger partial charge on any atom is 0.263 e. The molecular weight excluding hydrogens is 400 g/mol. The van der Waals surface area contributed by atoms with Gasteiger partial charge >= 0.3 is 0 Å². The van der Waals surface area contributed by atoms with E-state index in [-0.39, 0.29) is 12.5 Å². The molecule has 0 bridgehead atoms. The average molecular weight is 429 g/mol. The summed E-state index contributed by atoms with van der Waals surface area (Å²) in [6.45, 7) is 10.1. The van der Waals surface area contributed by atoms with Gasteiger partial charge in [0.15, 0.2) is 12.4 Å². The van der Waals surface area contributed by atoms with E-state index in [2.05, 4.69) is 36.4 Å². The Bertz CT molecular complexity index is 1290. The van der Waals surface area contributed by atoms with Gasteiger partial charge in [-0.15, -0.1) is 0 Å². The minimum atomic E-state index is -0.250. The van der Waals surface area contributed by atoms with Crippen LogP contribution in [0.1, 0.15) is 42.1 Å². The molecule has 0 atom stereocenters. The maximum absolute atomic E-state index is 12.7. The Hall–Kier alpha value is -3.67. The van der Waals surface area contributed by atoms with E-state index < -0.39 is 0 Å². The quantitative estimate of drug-likeness (QED) is 0.441. The summed E-state index contributed by atoms with van der Waals surface area (Å²) in [4.78, 5) is 17.5. The highest BCUT2D eigenvalue weighted by Gasteiger charge is 2.15. The third-order valence-electron chi connectivity index (χ3n) is 5.38. The molecule has 32 heavy (non-hydrogen) atoms. The second-order valence-corrected chi connectivity index (χ2v) is 8.43. The van der Waals surface area contributed by atoms with Crippen LogP contribution >= 0.6 is 0 Å². The Morgan fingerprint density at radius 3 is 2.62 bits per heavy atom. The molecule has 2 heterocycles. The van der Waals surface area contributed by atoms with Crippen molar-refractivity contribution in [2.45, 2.75) is 40.5 Å². The van der Waals surface area contributed by atoms with Crippen molar-refractivity contribution in [3.8, 4) is 11.6 Å². The van der Waals surface area contributed by atoms with Gasteiger partial charge in [-0.3, -0.25) is 4.79 Å². The number of carbonyl (C=O) groups excluding carboxylic acids is 1. The monoisotopic (exact) mass is 428 g/mol. The molecule has 0 aliphatic heterocycles. The van der Waals surface area contributed by atoms with E-state index in [0.717, 1.165) is 39.0 Å². The fourth-order valence-electron chi connectivity index (χ4n) is 3.77. The Kier molecular flexibility index (Phi) is 5.95. The van der Waals surface area contributed by atoms with Gasteiger partial charge in [0.1, 0.15) is 11.6 Å². The molecule has 0 aliphatic rings. The minimum absolute atomic E-state index is 0.0857. The lowest BCUT2D eigenvalue weighted by molar-refractivity contribution is -0.118. The molecule has 0 radical (unpaired) electrons. The molecule has 0 spiro atoms. The van der Waals surface area contributed by atoms with E-state index in [1.165, 1.54) is 0 Å². The number of para-hydroxylation sites is 1. The lowest BCUT2D eigenvalue weighted by Crippen LogP contribution is -2.22. The van der Waals surface area contributed by atoms with Gasteiger partial charge in [0, 0.05) is 11.5 Å². The largest absolute Gasteiger partial charge is 0.483 e. The number of pyridine rings is 1. The van der Waals surface area contributed by atoms with Gasteiger partial charge in [-0.2, -0.15) is 9.78 Å². The second-order valence-electron chi connectivity index (χ2n) is 8.43. The number of rotatable bonds is 6. The highest BCUT2D eigenvalue weighted by Crippen LogP contribution is 2.27. The third kappa shape index (κ3) is 4.49. The predicted octanol–water partition coefficient (Wildman–Crippen LogP) is 5.49. The first-order chi connectivity index (χ1) is 15.3. The molecule has 2 aromatic heterocycles. The van der Waals surface area contributed by atoms with E-state index in [9.17, 15) is 4.79 Å². The van der Waals surface area contributed by atoms with Crippen LogP contribution in [0.15, 0.2) is 54.6 Å². The van der Waals surface area contributed by atoms with Crippen molar-refractivity contribution in [3.63, 3.8) is 0 Å². The fourth-order valence-corrected chi connectivity index (χ4v) is 3.77. The van der Waals surface area contributed by atoms with E-state index >= 15 is 0 Å². The number of hydrogen-bond donors (Lipinski definition) is 1. The summed E-state index contributed by atoms with van der Waals surface area (Å²) in [7, 11) is 0. The van der Waals surface area contributed by atoms with Crippen molar-refractivity contribution in [2.75, 3.05) is 11.9 Å². The molecule has 6 nitrogen and oxygen atoms in total. The number of amides is 1. The lowest BCUT2D eigenvalue weighted by atomic mass is 10.0. The molecule has 2 aromatic carbocycles. The van der Waals surface area contributed by atoms with Gasteiger partial charge in [-0.05, 0) is 61.6 Å². The number of hydrogen-bond acceptors (Lipinski definition) is 4. The molecule has 4 aromatic rings. The smallest absolute Gasteiger partial charge is 0.263 e. The number of carbonyl (C=O) groups is 1. The van der Waals surface area contributed by atoms with Crippen LogP contribution in [0.3, 0.4) is 0 Å². The Labute approximate surface area is 188 Å². The third-order valence-corrected chi connectivity index (χ3v) is 5.38. The van der Waals surface area contributed by atoms with Gasteiger partial charge in [-0.1, -0.05) is 44.2 Å². The number of fused-ring (bicyclic) bond motifs is 1. The van der Waals surface area contributed by atoms with E-state index in [1.807, 2.05) is 63.2 Å². The van der Waals surface area contributed by atoms with E-state index in [4.69, 9.17) is 9.72 Å². The van der Waals surface area contributed by atoms with Crippen LogP contribution in [0, 0.1) is 20.8 Å². The summed E-state index contributed by atoms with van der Waals surface area (Å²) in [5.41, 5.74) is 4.95. The molecule has 0 saturated heterocycles. The highest BCUT2D eigenvalue weighted by molar-refractivity contribution is 5.91. The van der Waals surface area contributed by atoms with Crippen molar-refractivity contribution in [2.24, 2.45) is 0 Å². The SMILES string of the molecule is Cc1ccc(C(C)C)c(OCC(=O)Nc2cc(C)nn2-c2cc(C)c3ccccc3n2)c1. The van der Waals surface area contributed by atoms with Crippen molar-refractivity contribution >= 4 is 22.6 Å². The van der Waals surface area contributed by atoms with Crippen molar-refractivity contribution in [1.29, 1.82) is 0 Å². The lowest BCUT2D eigenvalue weighted by Gasteiger charge is -2.15. The summed E-state index contributed by atoms with van der Waals surface area (Å²) in [5.74, 6) is 2.02. The second kappa shape index (κ2) is 8.83. The van der Waals surface area contributed by atoms with Crippen LogP contribution in [0.25, 0.3) is 16.7 Å². The summed E-state index contributed by atoms with van der Waals surface area (Å²) >= 11 is 0. The van der Waals surface area contributed by atoms with Gasteiger partial charge in [0.2, 0.25) is 0 Å². The van der Waals surface area contributed by atoms with Crippen LogP contribution in [0.4, 0.5) is 5.82 Å². The van der Waals surface area contributed by atoms with Crippen LogP contribution in [-0.2, 0) is 4.79 Å². The van der Waals surface area contributed by atoms with E-state index in [1.54, 1.807) is 4.68 Å². The number of ether oxygens (including phenoxy) is 1. The number of benzene rings is 2. The zero-order valence-corrected chi connectivity index (χ0v) is 19.1. The predicted molar refractivity (Wildman–Crippen MR) is 128 cm³/mol. The zero-order valence-electron chi connectivity index (χ0n) is 19.1. The molecule has 4 rings (SSSR count). The van der Waals surface area contributed by atoms with Crippen LogP contribution in [0.5, 0.6) is 5.75 Å². The number of nitrogens with zero attached hydrogens (tertiary/aromatic N) is 3. The van der Waals surface area contributed by atoms with Crippen molar-refractivity contribution < 1.29 is 9.53 Å². The fraction of sp³-hybridized carbons (Fsp3) is 0.269. The first kappa shape index (κ1) is 21.6. The first-order valence-corrected chi connectivity index (χ1v) is 10.8. The van der Waals surface area contributed by atoms with Gasteiger partial charge in [-0.25, -0.2) is 4.98 Å². The topological polar surface area (TPSA) is 69.0 Å². The summed E-state index contributed by atoms with van der Waals surface area (Å²) in [6, 6.07) is 17.9. The Balaban J connectivity index is 1.56. The summed E-state index contributed by atoms with van der Waals surface area (Å²) in [5, 5.41) is 8.57. The molecule has 1 N–H and O–H groups in total. The molecular formula is C26H28N4O2. The Morgan fingerprint density at radius 2 is 1.84 bits per heavy atom. The first-order valence-electron chi connectivity index (χ1n) is 10.8. The molecule has 1 amide bonds. The molecule has 164 valence electrons. The van der Waals surface area contributed by atoms with Crippen molar-refractivity contribution in [1.82, 2.24) is 14.8 Å². The van der Waals surface area contributed by atoms with Crippen LogP contribution in [0.2, 0.25) is 0 Å². The molecule has 6 heteroatoms. The number of nitrogens with one attached hydrogen (secondary N) is 1. The Morgan fingerprint density at radius 1 is 1.06 bits per heavy atom. The van der Waals surface area contributed by atoms with Crippen LogP contribution in [-0.4, -0.2) is 27.3 Å². The van der Waals surface area contributed by atoms with Gasteiger partial charge < -0.3 is 10.1 Å². The zero-order chi connectivity index (χ0) is 22.8. The molecule has 0 saturated carbocycles. The highest BCUT2D eigenvalue weighted by atomic mass is 16.5. The summed E-state index contributed by atoms with van der Waals surface area (Å²) in [6.07, 6.45) is 0. The van der Waals surface area contributed by atoms with Crippen molar-refractivity contribution in [3.05, 3.63) is 77.0 Å². The molecule has 0 aliphatic carbocycles. The average Bonchev–Trinajstić information content (AvgIpc) is 3.12. The summed E-state index contributed by atoms with van der Waals surface area (Å²) < 4.78 is 7.55. The standard InChI is InChI=1S/C26H28N4O2/c1-16(2)20-11-10-17(3)12-23(20)32-15-26(31)28-25-14-19(5)29-30(25)24-13-18(4)21-8-6-7-9-22(21)27-24/h6-14,16H,15H2,1-5H3,(H,28,31). The molecule has 0 fully saturated rings. The maximum atomic E-state index is 12.7. The number of aromatic nitrogens is 3. The molecule has 0 unspecified atom stereocenters. The van der Waals surface area contributed by atoms with Crippen LogP contribution < -0.4 is 10.1 Å². The number of anilines is 1. The van der Waals surface area contributed by atoms with Gasteiger partial charge in [0.25, 0.3) is 5.91 Å². The van der Waals surface area contributed by atoms with Gasteiger partial charge in [0.05, 0.1) is 11.2 Å².